The predicted octanol–water partition coefficient (Wildman–Crippen LogP) is 5.16. The third-order valence-electron chi connectivity index (χ3n) is 4.50. The number of rotatable bonds is 5. The molecule has 134 valence electrons. The Morgan fingerprint density at radius 3 is 2.46 bits per heavy atom. The van der Waals surface area contributed by atoms with Gasteiger partial charge in [-0.1, -0.05) is 23.7 Å². The number of ether oxygens (including phenoxy) is 2. The van der Waals surface area contributed by atoms with Crippen LogP contribution >= 0.6 is 11.6 Å². The van der Waals surface area contributed by atoms with Crippen LogP contribution in [-0.2, 0) is 4.79 Å². The molecule has 1 N–H and O–H groups in total. The van der Waals surface area contributed by atoms with E-state index in [9.17, 15) is 9.90 Å². The fraction of sp³-hybridized carbons (Fsp3) is 0.190. The number of allylic oxidation sites excluding steroid dienone is 2. The number of methoxy groups -OCH3 is 2. The van der Waals surface area contributed by atoms with Crippen LogP contribution < -0.4 is 9.47 Å². The van der Waals surface area contributed by atoms with Crippen LogP contribution in [0.5, 0.6) is 11.5 Å². The molecule has 1 aliphatic carbocycles. The smallest absolute Gasteiger partial charge is 0.307 e. The van der Waals surface area contributed by atoms with Gasteiger partial charge in [-0.2, -0.15) is 0 Å². The second-order valence-corrected chi connectivity index (χ2v) is 6.47. The lowest BCUT2D eigenvalue weighted by atomic mass is 10.0. The lowest BCUT2D eigenvalue weighted by Crippen LogP contribution is -1.96. The zero-order chi connectivity index (χ0) is 18.8. The van der Waals surface area contributed by atoms with E-state index in [0.717, 1.165) is 33.4 Å². The third-order valence-corrected chi connectivity index (χ3v) is 4.74. The maximum atomic E-state index is 11.3. The number of halogens is 1. The molecule has 1 aliphatic rings. The summed E-state index contributed by atoms with van der Waals surface area (Å²) in [5.74, 6) is 0.438. The Labute approximate surface area is 157 Å². The van der Waals surface area contributed by atoms with Gasteiger partial charge in [0.2, 0.25) is 0 Å². The van der Waals surface area contributed by atoms with E-state index in [1.54, 1.807) is 14.2 Å². The Kier molecular flexibility index (Phi) is 5.05. The molecule has 26 heavy (non-hydrogen) atoms. The Morgan fingerprint density at radius 1 is 1.08 bits per heavy atom. The van der Waals surface area contributed by atoms with E-state index in [1.165, 1.54) is 0 Å². The number of carboxylic acids is 1. The molecule has 0 saturated heterocycles. The van der Waals surface area contributed by atoms with Crippen molar-refractivity contribution in [2.45, 2.75) is 13.3 Å². The summed E-state index contributed by atoms with van der Waals surface area (Å²) in [5.41, 5.74) is 5.53. The van der Waals surface area contributed by atoms with E-state index >= 15 is 0 Å². The normalized spacial score (nSPS) is 14.5. The number of hydrogen-bond donors (Lipinski definition) is 1. The first-order valence-corrected chi connectivity index (χ1v) is 8.48. The topological polar surface area (TPSA) is 55.8 Å². The van der Waals surface area contributed by atoms with Crippen LogP contribution in [0.25, 0.3) is 17.2 Å². The first-order valence-electron chi connectivity index (χ1n) is 8.10. The van der Waals surface area contributed by atoms with Crippen molar-refractivity contribution in [3.05, 3.63) is 63.7 Å². The van der Waals surface area contributed by atoms with Gasteiger partial charge < -0.3 is 14.6 Å². The Balaban J connectivity index is 2.14. The molecule has 0 spiro atoms. The van der Waals surface area contributed by atoms with Gasteiger partial charge in [-0.05, 0) is 70.7 Å². The standard InChI is InChI=1S/C21H19ClO4/c1-12-16(8-13-4-7-19(25-2)20(9-13)26-3)15-6-5-14(22)10-18(15)17(12)11-21(23)24/h4-10H,11H2,1-3H3,(H,23,24)/b16-8-. The van der Waals surface area contributed by atoms with Gasteiger partial charge in [-0.3, -0.25) is 4.79 Å². The molecule has 0 aliphatic heterocycles. The molecule has 0 atom stereocenters. The summed E-state index contributed by atoms with van der Waals surface area (Å²) in [5, 5.41) is 9.86. The van der Waals surface area contributed by atoms with Gasteiger partial charge in [0.05, 0.1) is 20.6 Å². The fourth-order valence-corrected chi connectivity index (χ4v) is 3.41. The molecule has 0 unspecified atom stereocenters. The average molecular weight is 371 g/mol. The molecule has 3 rings (SSSR count). The van der Waals surface area contributed by atoms with Crippen molar-refractivity contribution in [1.29, 1.82) is 0 Å². The van der Waals surface area contributed by atoms with Crippen LogP contribution in [0.1, 0.15) is 30.0 Å². The summed E-state index contributed by atoms with van der Waals surface area (Å²) in [6.07, 6.45) is 1.99. The minimum absolute atomic E-state index is 0.0392. The van der Waals surface area contributed by atoms with Gasteiger partial charge in [0, 0.05) is 5.02 Å². The first kappa shape index (κ1) is 18.1. The molecule has 4 nitrogen and oxygen atoms in total. The van der Waals surface area contributed by atoms with Crippen molar-refractivity contribution in [3.8, 4) is 11.5 Å². The van der Waals surface area contributed by atoms with Gasteiger partial charge in [0.25, 0.3) is 0 Å². The summed E-state index contributed by atoms with van der Waals surface area (Å²) in [7, 11) is 3.19. The molecule has 0 bridgehead atoms. The summed E-state index contributed by atoms with van der Waals surface area (Å²) < 4.78 is 10.6. The number of aliphatic carboxylic acids is 1. The fourth-order valence-electron chi connectivity index (χ4n) is 3.24. The molecule has 2 aromatic rings. The number of fused-ring (bicyclic) bond motifs is 1. The summed E-state index contributed by atoms with van der Waals surface area (Å²) in [6.45, 7) is 1.94. The number of hydrogen-bond acceptors (Lipinski definition) is 3. The zero-order valence-electron chi connectivity index (χ0n) is 14.8. The van der Waals surface area contributed by atoms with Gasteiger partial charge in [-0.25, -0.2) is 0 Å². The molecule has 0 heterocycles. The molecular formula is C21H19ClO4. The van der Waals surface area contributed by atoms with Crippen molar-refractivity contribution in [2.24, 2.45) is 0 Å². The molecular weight excluding hydrogens is 352 g/mol. The summed E-state index contributed by atoms with van der Waals surface area (Å²) in [6, 6.07) is 11.3. The first-order chi connectivity index (χ1) is 12.4. The quantitative estimate of drug-likeness (QED) is 0.789. The van der Waals surface area contributed by atoms with Gasteiger partial charge in [0.1, 0.15) is 0 Å². The van der Waals surface area contributed by atoms with E-state index in [2.05, 4.69) is 0 Å². The van der Waals surface area contributed by atoms with Crippen LogP contribution in [0.3, 0.4) is 0 Å². The maximum absolute atomic E-state index is 11.3. The molecule has 0 amide bonds. The van der Waals surface area contributed by atoms with Gasteiger partial charge in [0.15, 0.2) is 11.5 Å². The van der Waals surface area contributed by atoms with Gasteiger partial charge >= 0.3 is 5.97 Å². The highest BCUT2D eigenvalue weighted by Gasteiger charge is 2.25. The lowest BCUT2D eigenvalue weighted by molar-refractivity contribution is -0.135. The van der Waals surface area contributed by atoms with Crippen molar-refractivity contribution < 1.29 is 19.4 Å². The maximum Gasteiger partial charge on any atom is 0.307 e. The van der Waals surface area contributed by atoms with Gasteiger partial charge in [-0.15, -0.1) is 0 Å². The lowest BCUT2D eigenvalue weighted by Gasteiger charge is -2.09. The largest absolute Gasteiger partial charge is 0.493 e. The van der Waals surface area contributed by atoms with Crippen LogP contribution in [0.15, 0.2) is 42.0 Å². The Bertz CT molecular complexity index is 941. The summed E-state index contributed by atoms with van der Waals surface area (Å²) in [4.78, 5) is 11.3. The Hall–Kier alpha value is -2.72. The minimum atomic E-state index is -0.863. The molecule has 2 aromatic carbocycles. The van der Waals surface area contributed by atoms with E-state index in [1.807, 2.05) is 49.4 Å². The second kappa shape index (κ2) is 7.26. The second-order valence-electron chi connectivity index (χ2n) is 6.04. The van der Waals surface area contributed by atoms with Crippen LogP contribution in [0.2, 0.25) is 5.02 Å². The zero-order valence-corrected chi connectivity index (χ0v) is 15.6. The van der Waals surface area contributed by atoms with Crippen LogP contribution in [-0.4, -0.2) is 25.3 Å². The predicted molar refractivity (Wildman–Crippen MR) is 104 cm³/mol. The number of benzene rings is 2. The minimum Gasteiger partial charge on any atom is -0.493 e. The van der Waals surface area contributed by atoms with E-state index in [4.69, 9.17) is 21.1 Å². The van der Waals surface area contributed by atoms with Crippen LogP contribution in [0.4, 0.5) is 0 Å². The van der Waals surface area contributed by atoms with E-state index < -0.39 is 5.97 Å². The van der Waals surface area contributed by atoms with E-state index in [-0.39, 0.29) is 6.42 Å². The number of carboxylic acid groups (broad SMARTS) is 1. The third kappa shape index (κ3) is 3.33. The SMILES string of the molecule is COc1ccc(/C=C2/C(C)=C(CC(=O)O)c3cc(Cl)ccc32)cc1OC. The van der Waals surface area contributed by atoms with Crippen molar-refractivity contribution >= 4 is 34.8 Å². The number of carbonyl (C=O) groups is 1. The van der Waals surface area contributed by atoms with Crippen LogP contribution in [0, 0.1) is 0 Å². The van der Waals surface area contributed by atoms with Crippen molar-refractivity contribution in [2.75, 3.05) is 14.2 Å². The summed E-state index contributed by atoms with van der Waals surface area (Å²) >= 11 is 6.13. The highest BCUT2D eigenvalue weighted by molar-refractivity contribution is 6.31. The Morgan fingerprint density at radius 2 is 1.81 bits per heavy atom. The van der Waals surface area contributed by atoms with Crippen molar-refractivity contribution in [3.63, 3.8) is 0 Å². The van der Waals surface area contributed by atoms with E-state index in [0.29, 0.717) is 16.5 Å². The molecule has 0 aromatic heterocycles. The average Bonchev–Trinajstić information content (AvgIpc) is 2.86. The van der Waals surface area contributed by atoms with Crippen molar-refractivity contribution in [1.82, 2.24) is 0 Å². The molecule has 0 saturated carbocycles. The molecule has 0 fully saturated rings. The molecule has 0 radical (unpaired) electrons. The monoisotopic (exact) mass is 370 g/mol. The highest BCUT2D eigenvalue weighted by Crippen LogP contribution is 2.44. The highest BCUT2D eigenvalue weighted by atomic mass is 35.5. The molecule has 5 heteroatoms.